The summed E-state index contributed by atoms with van der Waals surface area (Å²) in [6.07, 6.45) is 9.09. The molecule has 1 aliphatic heterocycles. The average molecular weight is 415 g/mol. The lowest BCUT2D eigenvalue weighted by molar-refractivity contribution is -0.124. The minimum Gasteiger partial charge on any atom is -0.403 e. The Morgan fingerprint density at radius 1 is 1.38 bits per heavy atom. The van der Waals surface area contributed by atoms with Gasteiger partial charge in [-0.05, 0) is 25.0 Å². The summed E-state index contributed by atoms with van der Waals surface area (Å²) < 4.78 is 0. The summed E-state index contributed by atoms with van der Waals surface area (Å²) in [5, 5.41) is 3.18. The fraction of sp³-hybridized carbons (Fsp3) is 0.429. The number of nitrogens with zero attached hydrogens (tertiary/aromatic N) is 4. The Balaban J connectivity index is 2.04. The van der Waals surface area contributed by atoms with E-state index in [-0.39, 0.29) is 5.91 Å². The first-order valence-electron chi connectivity index (χ1n) is 9.92. The van der Waals surface area contributed by atoms with Gasteiger partial charge in [0.1, 0.15) is 10.8 Å². The number of nitrogens with two attached hydrogens (primary N) is 1. The standard InChI is InChI=1S/C21H30N6OS/c1-4-9-26(10-5-2)19-7-6-16(14-24-19)21(29)25-17-8-11-27(20(28)12-17)18(13-22)15-23-3/h6-7,12-15H,4-5,8-11,22H2,1-3H3,(H,25,29). The van der Waals surface area contributed by atoms with Crippen LogP contribution in [-0.4, -0.2) is 53.7 Å². The molecule has 0 aromatic carbocycles. The molecule has 0 aliphatic carbocycles. The predicted octanol–water partition coefficient (Wildman–Crippen LogP) is 2.59. The van der Waals surface area contributed by atoms with Gasteiger partial charge in [0.05, 0.1) is 5.70 Å². The van der Waals surface area contributed by atoms with Crippen LogP contribution in [0, 0.1) is 0 Å². The summed E-state index contributed by atoms with van der Waals surface area (Å²) >= 11 is 5.51. The molecule has 29 heavy (non-hydrogen) atoms. The van der Waals surface area contributed by atoms with Crippen molar-refractivity contribution in [2.45, 2.75) is 33.1 Å². The predicted molar refractivity (Wildman–Crippen MR) is 123 cm³/mol. The largest absolute Gasteiger partial charge is 0.403 e. The quantitative estimate of drug-likeness (QED) is 0.477. The van der Waals surface area contributed by atoms with Gasteiger partial charge in [-0.25, -0.2) is 4.98 Å². The van der Waals surface area contributed by atoms with Crippen molar-refractivity contribution in [3.05, 3.63) is 47.6 Å². The number of hydrogen-bond donors (Lipinski definition) is 2. The second-order valence-electron chi connectivity index (χ2n) is 6.73. The third-order valence-electron chi connectivity index (χ3n) is 4.51. The first-order chi connectivity index (χ1) is 14.0. The van der Waals surface area contributed by atoms with Gasteiger partial charge >= 0.3 is 0 Å². The van der Waals surface area contributed by atoms with E-state index in [9.17, 15) is 4.79 Å². The number of hydrogen-bond acceptors (Lipinski definition) is 6. The smallest absolute Gasteiger partial charge is 0.252 e. The van der Waals surface area contributed by atoms with E-state index >= 15 is 0 Å². The number of amides is 1. The molecule has 0 unspecified atom stereocenters. The van der Waals surface area contributed by atoms with Crippen molar-refractivity contribution in [2.24, 2.45) is 10.7 Å². The molecule has 8 heteroatoms. The van der Waals surface area contributed by atoms with Crippen LogP contribution >= 0.6 is 12.2 Å². The highest BCUT2D eigenvalue weighted by molar-refractivity contribution is 7.80. The van der Waals surface area contributed by atoms with Crippen LogP contribution in [0.5, 0.6) is 0 Å². The van der Waals surface area contributed by atoms with Crippen molar-refractivity contribution < 1.29 is 4.79 Å². The summed E-state index contributed by atoms with van der Waals surface area (Å²) in [4.78, 5) is 25.4. The highest BCUT2D eigenvalue weighted by atomic mass is 32.1. The molecule has 2 rings (SSSR count). The zero-order valence-corrected chi connectivity index (χ0v) is 18.2. The third-order valence-corrected chi connectivity index (χ3v) is 4.85. The van der Waals surface area contributed by atoms with Gasteiger partial charge in [-0.2, -0.15) is 0 Å². The molecule has 0 spiro atoms. The highest BCUT2D eigenvalue weighted by Crippen LogP contribution is 2.16. The zero-order chi connectivity index (χ0) is 21.2. The van der Waals surface area contributed by atoms with Crippen molar-refractivity contribution in [3.8, 4) is 0 Å². The van der Waals surface area contributed by atoms with E-state index in [1.807, 2.05) is 12.1 Å². The summed E-state index contributed by atoms with van der Waals surface area (Å²) in [5.74, 6) is 0.808. The Morgan fingerprint density at radius 3 is 2.62 bits per heavy atom. The number of carbonyl (C=O) groups is 1. The zero-order valence-electron chi connectivity index (χ0n) is 17.4. The molecule has 1 amide bonds. The minimum atomic E-state index is -0.151. The molecule has 1 aromatic heterocycles. The number of aromatic nitrogens is 1. The lowest BCUT2D eigenvalue weighted by atomic mass is 10.1. The minimum absolute atomic E-state index is 0.151. The lowest BCUT2D eigenvalue weighted by Crippen LogP contribution is -2.37. The van der Waals surface area contributed by atoms with E-state index < -0.39 is 0 Å². The molecule has 0 saturated carbocycles. The second kappa shape index (κ2) is 11.3. The number of pyridine rings is 1. The van der Waals surface area contributed by atoms with Crippen LogP contribution in [0.1, 0.15) is 38.7 Å². The Hall–Kier alpha value is -2.74. The van der Waals surface area contributed by atoms with Gasteiger partial charge in [0.2, 0.25) is 0 Å². The molecule has 7 nitrogen and oxygen atoms in total. The maximum atomic E-state index is 12.4. The molecule has 1 aliphatic rings. The normalized spacial score (nSPS) is 14.9. The van der Waals surface area contributed by atoms with Crippen LogP contribution in [0.2, 0.25) is 0 Å². The van der Waals surface area contributed by atoms with Gasteiger partial charge in [-0.15, -0.1) is 0 Å². The number of rotatable bonds is 9. The van der Waals surface area contributed by atoms with Crippen LogP contribution < -0.4 is 16.0 Å². The van der Waals surface area contributed by atoms with E-state index in [4.69, 9.17) is 18.0 Å². The van der Waals surface area contributed by atoms with E-state index in [1.165, 1.54) is 6.20 Å². The summed E-state index contributed by atoms with van der Waals surface area (Å²) in [6, 6.07) is 3.97. The number of anilines is 1. The maximum absolute atomic E-state index is 12.4. The summed E-state index contributed by atoms with van der Waals surface area (Å²) in [5.41, 5.74) is 7.79. The van der Waals surface area contributed by atoms with Gasteiger partial charge in [-0.3, -0.25) is 9.79 Å². The average Bonchev–Trinajstić information content (AvgIpc) is 2.72. The molecule has 1 aromatic rings. The van der Waals surface area contributed by atoms with Crippen molar-refractivity contribution in [1.29, 1.82) is 0 Å². The van der Waals surface area contributed by atoms with E-state index in [2.05, 4.69) is 34.0 Å². The van der Waals surface area contributed by atoms with E-state index in [0.29, 0.717) is 23.7 Å². The molecule has 0 bridgehead atoms. The lowest BCUT2D eigenvalue weighted by Gasteiger charge is -2.27. The van der Waals surface area contributed by atoms with Gasteiger partial charge in [-0.1, -0.05) is 26.1 Å². The Bertz CT molecular complexity index is 794. The van der Waals surface area contributed by atoms with Crippen molar-refractivity contribution in [2.75, 3.05) is 31.6 Å². The molecule has 0 saturated heterocycles. The maximum Gasteiger partial charge on any atom is 0.252 e. The van der Waals surface area contributed by atoms with Gasteiger partial charge in [0.25, 0.3) is 5.91 Å². The Morgan fingerprint density at radius 2 is 2.10 bits per heavy atom. The molecule has 156 valence electrons. The molecule has 0 atom stereocenters. The first-order valence-corrected chi connectivity index (χ1v) is 10.3. The number of thiocarbonyl (C=S) groups is 1. The van der Waals surface area contributed by atoms with Crippen molar-refractivity contribution in [1.82, 2.24) is 15.2 Å². The Kier molecular flexibility index (Phi) is 8.79. The van der Waals surface area contributed by atoms with E-state index in [1.54, 1.807) is 30.4 Å². The number of carbonyl (C=O) groups excluding carboxylic acids is 1. The SMILES string of the molecule is CCCN(CCC)c1ccc(C(=S)NC2=CC(=O)N(C(C=NC)=CN)CC2)cn1. The van der Waals surface area contributed by atoms with Crippen LogP contribution in [0.15, 0.2) is 47.0 Å². The molecule has 0 radical (unpaired) electrons. The molecule has 2 heterocycles. The van der Waals surface area contributed by atoms with Crippen molar-refractivity contribution in [3.63, 3.8) is 0 Å². The third kappa shape index (κ3) is 6.12. The van der Waals surface area contributed by atoms with Crippen molar-refractivity contribution >= 4 is 35.1 Å². The van der Waals surface area contributed by atoms with E-state index in [0.717, 1.165) is 43.0 Å². The topological polar surface area (TPSA) is 86.9 Å². The summed E-state index contributed by atoms with van der Waals surface area (Å²) in [7, 11) is 1.64. The Labute approximate surface area is 178 Å². The van der Waals surface area contributed by atoms with Crippen LogP contribution in [0.3, 0.4) is 0 Å². The first kappa shape index (κ1) is 22.5. The number of aliphatic imine (C=N–C) groups is 1. The summed E-state index contributed by atoms with van der Waals surface area (Å²) in [6.45, 7) is 6.80. The molecular weight excluding hydrogens is 384 g/mol. The fourth-order valence-electron chi connectivity index (χ4n) is 3.14. The van der Waals surface area contributed by atoms with Gasteiger partial charge in [0, 0.05) is 69.1 Å². The molecule has 3 N–H and O–H groups in total. The fourth-order valence-corrected chi connectivity index (χ4v) is 3.39. The number of allylic oxidation sites excluding steroid dienone is 1. The molecular formula is C21H30N6OS. The van der Waals surface area contributed by atoms with Crippen LogP contribution in [0.4, 0.5) is 5.82 Å². The van der Waals surface area contributed by atoms with Gasteiger partial charge in [0.15, 0.2) is 0 Å². The van der Waals surface area contributed by atoms with Gasteiger partial charge < -0.3 is 20.9 Å². The van der Waals surface area contributed by atoms with Crippen LogP contribution in [0.25, 0.3) is 0 Å². The molecule has 0 fully saturated rings. The highest BCUT2D eigenvalue weighted by Gasteiger charge is 2.21. The second-order valence-corrected chi connectivity index (χ2v) is 7.14. The monoisotopic (exact) mass is 414 g/mol. The van der Waals surface area contributed by atoms with Crippen LogP contribution in [-0.2, 0) is 4.79 Å². The number of nitrogens with one attached hydrogen (secondary N) is 1.